The van der Waals surface area contributed by atoms with E-state index in [9.17, 15) is 27.2 Å². The standard InChI is InChI=1S/C24H19F5N8O2/c1-11-5-15(25)13(19-7-14(24(27,28)29)20-21(30)31-10-33-37(19)20)6-12(11)22(38)34-18-9-36(8-16(18)26)23(39)17-3-2-4-32-35-17/h2-7,10,16,18H,8-9H2,1H3,(H,34,38)(H2,30,31,33)/t16-,18+/m0/s1. The molecule has 2 amide bonds. The maximum Gasteiger partial charge on any atom is 0.418 e. The summed E-state index contributed by atoms with van der Waals surface area (Å²) in [6, 6.07) is 4.54. The number of fused-ring (bicyclic) bond motifs is 1. The summed E-state index contributed by atoms with van der Waals surface area (Å²) >= 11 is 0. The Hall–Kier alpha value is -4.69. The summed E-state index contributed by atoms with van der Waals surface area (Å²) in [7, 11) is 0. The zero-order valence-corrected chi connectivity index (χ0v) is 20.1. The second-order valence-electron chi connectivity index (χ2n) is 8.91. The number of amides is 2. The summed E-state index contributed by atoms with van der Waals surface area (Å²) in [5.41, 5.74) is 3.29. The van der Waals surface area contributed by atoms with E-state index >= 15 is 4.39 Å². The van der Waals surface area contributed by atoms with Crippen LogP contribution in [0.15, 0.2) is 42.9 Å². The van der Waals surface area contributed by atoms with Gasteiger partial charge in [-0.25, -0.2) is 18.3 Å². The highest BCUT2D eigenvalue weighted by Crippen LogP contribution is 2.39. The molecule has 3 aromatic heterocycles. The summed E-state index contributed by atoms with van der Waals surface area (Å²) in [4.78, 5) is 30.5. The smallest absolute Gasteiger partial charge is 0.382 e. The van der Waals surface area contributed by atoms with Gasteiger partial charge in [0, 0.05) is 23.9 Å². The molecule has 4 heterocycles. The number of hydrogen-bond donors (Lipinski definition) is 2. The number of halogens is 5. The van der Waals surface area contributed by atoms with Crippen LogP contribution in [0.4, 0.5) is 27.8 Å². The van der Waals surface area contributed by atoms with Gasteiger partial charge in [0.15, 0.2) is 11.5 Å². The SMILES string of the molecule is Cc1cc(F)c(-c2cc(C(F)(F)F)c3c(N)ncnn23)cc1C(=O)N[C@@H]1CN(C(=O)c2cccnn2)C[C@@H]1F. The Morgan fingerprint density at radius 1 is 1.18 bits per heavy atom. The quantitative estimate of drug-likeness (QED) is 0.377. The summed E-state index contributed by atoms with van der Waals surface area (Å²) in [5, 5.41) is 13.6. The highest BCUT2D eigenvalue weighted by atomic mass is 19.4. The highest BCUT2D eigenvalue weighted by molar-refractivity contribution is 5.97. The molecule has 39 heavy (non-hydrogen) atoms. The van der Waals surface area contributed by atoms with E-state index in [1.807, 2.05) is 0 Å². The molecule has 0 saturated carbocycles. The van der Waals surface area contributed by atoms with Crippen molar-refractivity contribution in [3.63, 3.8) is 0 Å². The van der Waals surface area contributed by atoms with Gasteiger partial charge in [-0.3, -0.25) is 9.59 Å². The number of carbonyl (C=O) groups is 2. The summed E-state index contributed by atoms with van der Waals surface area (Å²) in [6.45, 7) is 0.959. The lowest BCUT2D eigenvalue weighted by Crippen LogP contribution is -2.42. The van der Waals surface area contributed by atoms with Crippen LogP contribution in [-0.2, 0) is 6.18 Å². The van der Waals surface area contributed by atoms with Crippen molar-refractivity contribution in [3.05, 3.63) is 71.1 Å². The van der Waals surface area contributed by atoms with Gasteiger partial charge in [-0.2, -0.15) is 23.4 Å². The predicted octanol–water partition coefficient (Wildman–Crippen LogP) is 2.83. The largest absolute Gasteiger partial charge is 0.418 e. The van der Waals surface area contributed by atoms with Crippen LogP contribution < -0.4 is 11.1 Å². The number of anilines is 1. The average molecular weight is 546 g/mol. The molecule has 1 aromatic carbocycles. The third-order valence-electron chi connectivity index (χ3n) is 6.37. The number of nitrogen functional groups attached to an aromatic ring is 1. The molecule has 3 N–H and O–H groups in total. The van der Waals surface area contributed by atoms with Crippen molar-refractivity contribution in [3.8, 4) is 11.3 Å². The van der Waals surface area contributed by atoms with Crippen molar-refractivity contribution >= 4 is 23.1 Å². The normalized spacial score (nSPS) is 17.5. The van der Waals surface area contributed by atoms with E-state index < -0.39 is 52.9 Å². The van der Waals surface area contributed by atoms with Gasteiger partial charge in [-0.1, -0.05) is 0 Å². The minimum atomic E-state index is -4.85. The van der Waals surface area contributed by atoms with E-state index in [1.165, 1.54) is 30.2 Å². The van der Waals surface area contributed by atoms with Gasteiger partial charge in [0.1, 0.15) is 23.8 Å². The zero-order chi connectivity index (χ0) is 28.1. The molecule has 15 heteroatoms. The second kappa shape index (κ2) is 9.56. The molecule has 1 aliphatic rings. The van der Waals surface area contributed by atoms with Crippen molar-refractivity contribution < 1.29 is 31.5 Å². The van der Waals surface area contributed by atoms with Crippen molar-refractivity contribution in [2.45, 2.75) is 25.3 Å². The lowest BCUT2D eigenvalue weighted by Gasteiger charge is -2.17. The van der Waals surface area contributed by atoms with Gasteiger partial charge in [0.05, 0.1) is 23.8 Å². The van der Waals surface area contributed by atoms with Gasteiger partial charge in [-0.15, -0.1) is 5.10 Å². The molecule has 10 nitrogen and oxygen atoms in total. The number of aryl methyl sites for hydroxylation is 1. The lowest BCUT2D eigenvalue weighted by molar-refractivity contribution is -0.136. The molecule has 1 fully saturated rings. The molecule has 0 radical (unpaired) electrons. The van der Waals surface area contributed by atoms with E-state index in [1.54, 1.807) is 0 Å². The molecule has 1 saturated heterocycles. The molecule has 5 rings (SSSR count). The first-order chi connectivity index (χ1) is 18.5. The van der Waals surface area contributed by atoms with E-state index in [2.05, 4.69) is 25.6 Å². The van der Waals surface area contributed by atoms with E-state index in [4.69, 9.17) is 5.73 Å². The number of hydrogen-bond acceptors (Lipinski definition) is 7. The van der Waals surface area contributed by atoms with Crippen LogP contribution in [0.1, 0.15) is 32.0 Å². The molecule has 0 aliphatic carbocycles. The van der Waals surface area contributed by atoms with Gasteiger partial charge < -0.3 is 16.0 Å². The van der Waals surface area contributed by atoms with Crippen LogP contribution >= 0.6 is 0 Å². The minimum Gasteiger partial charge on any atom is -0.382 e. The number of aromatic nitrogens is 5. The van der Waals surface area contributed by atoms with E-state index in [-0.39, 0.29) is 41.2 Å². The van der Waals surface area contributed by atoms with Crippen LogP contribution in [0, 0.1) is 12.7 Å². The number of likely N-dealkylation sites (tertiary alicyclic amines) is 1. The van der Waals surface area contributed by atoms with Crippen LogP contribution in [0.5, 0.6) is 0 Å². The van der Waals surface area contributed by atoms with E-state index in [0.717, 1.165) is 23.0 Å². The maximum absolute atomic E-state index is 15.1. The fourth-order valence-corrected chi connectivity index (χ4v) is 4.48. The Bertz CT molecular complexity index is 1590. The fourth-order valence-electron chi connectivity index (χ4n) is 4.48. The maximum atomic E-state index is 15.1. The number of nitrogens with zero attached hydrogens (tertiary/aromatic N) is 6. The molecule has 4 aromatic rings. The predicted molar refractivity (Wildman–Crippen MR) is 127 cm³/mol. The highest BCUT2D eigenvalue weighted by Gasteiger charge is 2.39. The molecule has 1 aliphatic heterocycles. The summed E-state index contributed by atoms with van der Waals surface area (Å²) in [6.07, 6.45) is -4.17. The van der Waals surface area contributed by atoms with Crippen molar-refractivity contribution in [2.24, 2.45) is 0 Å². The molecular formula is C24H19F5N8O2. The number of alkyl halides is 4. The Balaban J connectivity index is 1.45. The molecule has 0 bridgehead atoms. The van der Waals surface area contributed by atoms with Crippen molar-refractivity contribution in [1.82, 2.24) is 35.0 Å². The Kier molecular flexibility index (Phi) is 6.36. The molecule has 2 atom stereocenters. The number of nitrogens with two attached hydrogens (primary N) is 1. The minimum absolute atomic E-state index is 0.0118. The van der Waals surface area contributed by atoms with Crippen LogP contribution in [0.25, 0.3) is 16.8 Å². The van der Waals surface area contributed by atoms with Crippen molar-refractivity contribution in [2.75, 3.05) is 18.8 Å². The number of nitrogens with one attached hydrogen (secondary N) is 1. The number of rotatable bonds is 4. The Morgan fingerprint density at radius 3 is 2.64 bits per heavy atom. The fraction of sp³-hybridized carbons (Fsp3) is 0.250. The first kappa shape index (κ1) is 25.9. The Labute approximate surface area is 216 Å². The molecular weight excluding hydrogens is 527 g/mol. The summed E-state index contributed by atoms with van der Waals surface area (Å²) < 4.78 is 71.8. The molecule has 0 spiro atoms. The number of benzene rings is 1. The second-order valence-corrected chi connectivity index (χ2v) is 8.91. The molecule has 0 unspecified atom stereocenters. The summed E-state index contributed by atoms with van der Waals surface area (Å²) in [5.74, 6) is -2.75. The lowest BCUT2D eigenvalue weighted by atomic mass is 10.0. The van der Waals surface area contributed by atoms with Gasteiger partial charge in [-0.05, 0) is 42.8 Å². The third-order valence-corrected chi connectivity index (χ3v) is 6.37. The number of carbonyl (C=O) groups excluding carboxylic acids is 2. The van der Waals surface area contributed by atoms with Crippen molar-refractivity contribution in [1.29, 1.82) is 0 Å². The molecule has 202 valence electrons. The van der Waals surface area contributed by atoms with Gasteiger partial charge >= 0.3 is 6.18 Å². The van der Waals surface area contributed by atoms with Crippen LogP contribution in [0.2, 0.25) is 0 Å². The van der Waals surface area contributed by atoms with Crippen LogP contribution in [0.3, 0.4) is 0 Å². The first-order valence-electron chi connectivity index (χ1n) is 11.5. The van der Waals surface area contributed by atoms with Gasteiger partial charge in [0.2, 0.25) is 0 Å². The van der Waals surface area contributed by atoms with Gasteiger partial charge in [0.25, 0.3) is 11.8 Å². The topological polar surface area (TPSA) is 131 Å². The average Bonchev–Trinajstić information content (AvgIpc) is 3.46. The van der Waals surface area contributed by atoms with E-state index in [0.29, 0.717) is 6.07 Å². The van der Waals surface area contributed by atoms with Crippen LogP contribution in [-0.4, -0.2) is 66.8 Å². The first-order valence-corrected chi connectivity index (χ1v) is 11.5. The third kappa shape index (κ3) is 4.70. The monoisotopic (exact) mass is 546 g/mol. The Morgan fingerprint density at radius 2 is 1.95 bits per heavy atom. The zero-order valence-electron chi connectivity index (χ0n) is 20.1.